The van der Waals surface area contributed by atoms with E-state index in [-0.39, 0.29) is 124 Å². The Labute approximate surface area is 737 Å². The first-order valence-corrected chi connectivity index (χ1v) is 47.4. The molecule has 716 valence electrons. The van der Waals surface area contributed by atoms with Crippen molar-refractivity contribution in [2.75, 3.05) is 26.4 Å². The lowest BCUT2D eigenvalue weighted by molar-refractivity contribution is -0.158. The number of carbonyl (C=O) groups is 7. The van der Waals surface area contributed by atoms with Gasteiger partial charge in [-0.15, -0.1) is 0 Å². The Kier molecular flexibility index (Phi) is 56.2. The Balaban J connectivity index is 0.000000702. The SMILES string of the molecule is C=C(C)[C@@H]1CCC(C)C[C@H]1O.CC(=O)O[C@@H]1CC(C)CC[C@H]1C(C)C.CC1CC[C@@H](C(C)(C)O)[C@@H](O)C1.CC1CC[C@@H](C(C)(C)O)[C@H](O)C1.CC1CC[C@@H](C(C)C)[C@H](OC(=O)CCC(=O)O)C1.CC1CC[C@@H](C(C)C)[C@H](OC(=O)CCCC(=O)O)C1.CC1CC[C@@H](C(C)C)[C@H](OC(=O)OCC(O)CO)C1.CC1CC[C@@H](C(C)C)[C@H](OC(=O)OCCO)C1. The van der Waals surface area contributed by atoms with Gasteiger partial charge in [0.25, 0.3) is 0 Å². The van der Waals surface area contributed by atoms with Crippen LogP contribution in [0.15, 0.2) is 12.2 Å². The smallest absolute Gasteiger partial charge is 0.481 e. The molecule has 0 aromatic rings. The lowest BCUT2D eigenvalue weighted by Gasteiger charge is -2.38. The van der Waals surface area contributed by atoms with Crippen LogP contribution in [-0.2, 0) is 57.1 Å². The number of aliphatic carboxylic acids is 2. The molecule has 8 saturated carbocycles. The van der Waals surface area contributed by atoms with Crippen molar-refractivity contribution < 1.29 is 118 Å². The van der Waals surface area contributed by atoms with Gasteiger partial charge in [0.2, 0.25) is 0 Å². The third kappa shape index (κ3) is 47.9. The molecule has 8 rings (SSSR count). The molecule has 0 spiro atoms. The van der Waals surface area contributed by atoms with Crippen molar-refractivity contribution in [3.63, 3.8) is 0 Å². The van der Waals surface area contributed by atoms with Gasteiger partial charge in [0.05, 0.1) is 55.6 Å². The van der Waals surface area contributed by atoms with E-state index in [4.69, 9.17) is 58.7 Å². The number of rotatable bonds is 25. The quantitative estimate of drug-likeness (QED) is 0.0230. The van der Waals surface area contributed by atoms with Crippen LogP contribution in [0, 0.1) is 124 Å². The van der Waals surface area contributed by atoms with Gasteiger partial charge in [0.15, 0.2) is 0 Å². The minimum atomic E-state index is -1.04. The molecule has 0 radical (unpaired) electrons. The van der Waals surface area contributed by atoms with Crippen molar-refractivity contribution >= 4 is 42.2 Å². The van der Waals surface area contributed by atoms with Crippen molar-refractivity contribution in [3.05, 3.63) is 12.2 Å². The lowest BCUT2D eigenvalue weighted by atomic mass is 9.73. The molecule has 10 N–H and O–H groups in total. The summed E-state index contributed by atoms with van der Waals surface area (Å²) in [5.41, 5.74) is -0.302. The first-order valence-electron chi connectivity index (χ1n) is 47.4. The Morgan fingerprint density at radius 1 is 0.377 bits per heavy atom. The van der Waals surface area contributed by atoms with E-state index in [9.17, 15) is 59.1 Å². The first-order chi connectivity index (χ1) is 56.7. The Morgan fingerprint density at radius 3 is 0.943 bits per heavy atom. The topological polar surface area (TPSA) is 386 Å². The van der Waals surface area contributed by atoms with Crippen LogP contribution >= 0.6 is 0 Å². The van der Waals surface area contributed by atoms with Gasteiger partial charge in [0, 0.05) is 37.5 Å². The second-order valence-corrected chi connectivity index (χ2v) is 41.4. The molecule has 8 aliphatic rings. The summed E-state index contributed by atoms with van der Waals surface area (Å²) < 4.78 is 36.7. The van der Waals surface area contributed by atoms with Crippen LogP contribution in [0.2, 0.25) is 0 Å². The molecule has 0 aromatic heterocycles. The van der Waals surface area contributed by atoms with Crippen molar-refractivity contribution in [2.45, 2.75) is 419 Å². The maximum absolute atomic E-state index is 11.8. The van der Waals surface area contributed by atoms with Crippen molar-refractivity contribution in [1.82, 2.24) is 0 Å². The number of hydrogen-bond acceptors (Lipinski definition) is 22. The molecular formula is C98H180O24. The van der Waals surface area contributed by atoms with E-state index in [0.717, 1.165) is 115 Å². The van der Waals surface area contributed by atoms with E-state index in [0.29, 0.717) is 119 Å². The number of hydrogen-bond donors (Lipinski definition) is 10. The number of ether oxygens (including phenoxy) is 7. The zero-order valence-electron chi connectivity index (χ0n) is 80.5. The van der Waals surface area contributed by atoms with Crippen molar-refractivity contribution in [1.29, 1.82) is 0 Å². The number of esters is 3. The largest absolute Gasteiger partial charge is 0.508 e. The third-order valence-electron chi connectivity index (χ3n) is 27.1. The van der Waals surface area contributed by atoms with Gasteiger partial charge in [0.1, 0.15) is 49.8 Å². The van der Waals surface area contributed by atoms with Gasteiger partial charge in [-0.05, 0) is 257 Å². The van der Waals surface area contributed by atoms with E-state index in [1.54, 1.807) is 27.7 Å². The molecule has 25 atom stereocenters. The minimum Gasteiger partial charge on any atom is -0.481 e. The average Bonchev–Trinajstić information content (AvgIpc) is 0.832. The molecule has 24 nitrogen and oxygen atoms in total. The average molecular weight is 1740 g/mol. The molecule has 0 amide bonds. The van der Waals surface area contributed by atoms with E-state index in [2.05, 4.69) is 131 Å². The van der Waals surface area contributed by atoms with Crippen molar-refractivity contribution in [2.24, 2.45) is 124 Å². The molecule has 9 unspecified atom stereocenters. The fourth-order valence-corrected chi connectivity index (χ4v) is 19.4. The Morgan fingerprint density at radius 2 is 0.664 bits per heavy atom. The monoisotopic (exact) mass is 1740 g/mol. The van der Waals surface area contributed by atoms with E-state index in [1.807, 2.05) is 6.92 Å². The maximum Gasteiger partial charge on any atom is 0.508 e. The number of carboxylic acid groups (broad SMARTS) is 2. The van der Waals surface area contributed by atoms with E-state index < -0.39 is 48.2 Å². The van der Waals surface area contributed by atoms with Gasteiger partial charge in [-0.3, -0.25) is 24.0 Å². The summed E-state index contributed by atoms with van der Waals surface area (Å²) in [6.07, 6.45) is 22.7. The summed E-state index contributed by atoms with van der Waals surface area (Å²) in [5.74, 6) is 7.70. The van der Waals surface area contributed by atoms with Gasteiger partial charge in [-0.1, -0.05) is 182 Å². The highest BCUT2D eigenvalue weighted by atomic mass is 16.7. The van der Waals surface area contributed by atoms with Gasteiger partial charge in [-0.2, -0.15) is 0 Å². The van der Waals surface area contributed by atoms with E-state index >= 15 is 0 Å². The van der Waals surface area contributed by atoms with Crippen LogP contribution in [0.3, 0.4) is 0 Å². The molecule has 0 saturated heterocycles. The fourth-order valence-electron chi connectivity index (χ4n) is 19.4. The van der Waals surface area contributed by atoms with Crippen LogP contribution in [0.5, 0.6) is 0 Å². The summed E-state index contributed by atoms with van der Waals surface area (Å²) in [7, 11) is 0. The standard InChI is InChI=1S/C15H26O4.C14H26O5.C14H24O4.C13H24O4.C12H22O2.2C10H20O2.C10H18O/c1-10(2)12-8-7-11(3)9-13(12)19-15(18)6-4-5-14(16)17;1-9(2)12-5-4-10(3)6-13(12)19-14(17)18-8-11(16)7-15;1-9(2)11-5-4-10(3)8-12(11)18-14(17)7-6-13(15)16;1-9(2)11-5-4-10(3)8-12(11)17-13(15)16-7-6-14;1-8(2)11-6-5-9(3)7-12(11)14-10(4)13;2*1-7-4-5-8(9(11)6-7)10(2,3)12;1-7(2)9-5-4-8(3)6-10(9)11/h10-13H,4-9H2,1-3H3,(H,16,17);9-13,15-16H,4-8H2,1-3H3;9-12H,4-8H2,1-3H3,(H,15,16);9-12,14H,4-8H2,1-3H3;8-9,11-12H,5-7H2,1-4H3;2*7-9,11-12H,4-6H2,1-3H3;8-11H,1,4-6H2,2-3H3/t11?,12-,13+;10?,11?,12-,13+;2*10?,11-,12+;9?,11-,12+;7?,8-,9+;7?,8-,9-;8?,9-,10+/m00000110/s1. The number of carboxylic acids is 2. The second kappa shape index (κ2) is 59.4. The number of aliphatic hydroxyl groups is 8. The summed E-state index contributed by atoms with van der Waals surface area (Å²) in [6.45, 7) is 52.9. The van der Waals surface area contributed by atoms with Gasteiger partial charge < -0.3 is 84.2 Å². The third-order valence-corrected chi connectivity index (χ3v) is 27.1. The summed E-state index contributed by atoms with van der Waals surface area (Å²) in [6, 6.07) is 0. The number of carbonyl (C=O) groups excluding carboxylic acids is 5. The van der Waals surface area contributed by atoms with E-state index in [1.165, 1.54) is 51.9 Å². The summed E-state index contributed by atoms with van der Waals surface area (Å²) in [4.78, 5) is 78.1. The molecule has 0 aromatic carbocycles. The first kappa shape index (κ1) is 115. The van der Waals surface area contributed by atoms with Crippen molar-refractivity contribution in [3.8, 4) is 0 Å². The minimum absolute atomic E-state index is 0.00739. The molecule has 8 fully saturated rings. The normalized spacial score (nSPS) is 31.8. The Hall–Kier alpha value is -4.69. The molecule has 0 bridgehead atoms. The highest BCUT2D eigenvalue weighted by Crippen LogP contribution is 2.43. The van der Waals surface area contributed by atoms with Gasteiger partial charge >= 0.3 is 42.2 Å². The molecular weight excluding hydrogens is 1560 g/mol. The lowest BCUT2D eigenvalue weighted by Crippen LogP contribution is -2.42. The maximum atomic E-state index is 11.8. The van der Waals surface area contributed by atoms with Crippen LogP contribution in [0.25, 0.3) is 0 Å². The second-order valence-electron chi connectivity index (χ2n) is 41.4. The Bertz CT molecular complexity index is 2870. The zero-order valence-corrected chi connectivity index (χ0v) is 80.5. The predicted octanol–water partition coefficient (Wildman–Crippen LogP) is 19.1. The summed E-state index contributed by atoms with van der Waals surface area (Å²) in [5, 5.41) is 92.0. The van der Waals surface area contributed by atoms with Crippen LogP contribution in [-0.4, -0.2) is 186 Å². The zero-order chi connectivity index (χ0) is 93.2. The molecule has 122 heavy (non-hydrogen) atoms. The molecule has 8 aliphatic carbocycles. The molecule has 0 aliphatic heterocycles. The van der Waals surface area contributed by atoms with Crippen LogP contribution in [0.1, 0.15) is 352 Å². The fraction of sp³-hybridized carbons (Fsp3) is 0.908. The number of aliphatic hydroxyl groups excluding tert-OH is 6. The summed E-state index contributed by atoms with van der Waals surface area (Å²) >= 11 is 0. The van der Waals surface area contributed by atoms with Gasteiger partial charge in [-0.25, -0.2) is 9.59 Å². The van der Waals surface area contributed by atoms with Crippen LogP contribution < -0.4 is 0 Å². The molecule has 0 heterocycles. The predicted molar refractivity (Wildman–Crippen MR) is 478 cm³/mol. The molecule has 24 heteroatoms. The van der Waals surface area contributed by atoms with Crippen LogP contribution in [0.4, 0.5) is 9.59 Å². The highest BCUT2D eigenvalue weighted by molar-refractivity contribution is 5.76. The highest BCUT2D eigenvalue weighted by Gasteiger charge is 2.42.